The first kappa shape index (κ1) is 19.5. The van der Waals surface area contributed by atoms with Crippen molar-refractivity contribution in [2.24, 2.45) is 0 Å². The molecule has 7 nitrogen and oxygen atoms in total. The molecule has 0 unspecified atom stereocenters. The lowest BCUT2D eigenvalue weighted by Crippen LogP contribution is -2.20. The Morgan fingerprint density at radius 3 is 2.81 bits per heavy atom. The number of nitrogens with one attached hydrogen (secondary N) is 2. The highest BCUT2D eigenvalue weighted by Crippen LogP contribution is 2.24. The number of carbonyl (C=O) groups is 1. The van der Waals surface area contributed by atoms with Gasteiger partial charge in [0.15, 0.2) is 6.61 Å². The normalized spacial score (nSPS) is 11.0. The van der Waals surface area contributed by atoms with Gasteiger partial charge in [0, 0.05) is 28.8 Å². The first-order valence-corrected chi connectivity index (χ1v) is 9.76. The molecule has 2 aromatic heterocycles. The average molecular weight is 429 g/mol. The number of benzene rings is 3. The van der Waals surface area contributed by atoms with Crippen LogP contribution in [-0.4, -0.2) is 22.5 Å². The number of H-pyrrole nitrogens is 1. The van der Waals surface area contributed by atoms with E-state index in [0.29, 0.717) is 39.4 Å². The van der Waals surface area contributed by atoms with Crippen molar-refractivity contribution in [3.8, 4) is 17.1 Å². The van der Waals surface area contributed by atoms with Crippen LogP contribution in [0.3, 0.4) is 0 Å². The van der Waals surface area contributed by atoms with E-state index in [0.717, 1.165) is 5.39 Å². The van der Waals surface area contributed by atoms with Crippen molar-refractivity contribution in [2.45, 2.75) is 0 Å². The van der Waals surface area contributed by atoms with Crippen LogP contribution in [0.1, 0.15) is 0 Å². The summed E-state index contributed by atoms with van der Waals surface area (Å²) in [4.78, 5) is 31.3. The molecule has 32 heavy (non-hydrogen) atoms. The van der Waals surface area contributed by atoms with E-state index in [4.69, 9.17) is 9.15 Å². The summed E-state index contributed by atoms with van der Waals surface area (Å²) in [6, 6.07) is 19.4. The molecule has 0 saturated carbocycles. The molecule has 0 fully saturated rings. The Morgan fingerprint density at radius 2 is 1.94 bits per heavy atom. The number of imidazole rings is 1. The molecule has 158 valence electrons. The van der Waals surface area contributed by atoms with Crippen LogP contribution in [0.25, 0.3) is 33.4 Å². The lowest BCUT2D eigenvalue weighted by molar-refractivity contribution is -0.118. The first-order valence-electron chi connectivity index (χ1n) is 9.76. The van der Waals surface area contributed by atoms with Gasteiger partial charge in [0.05, 0.1) is 11.0 Å². The highest BCUT2D eigenvalue weighted by Gasteiger charge is 2.09. The Morgan fingerprint density at radius 1 is 1.06 bits per heavy atom. The van der Waals surface area contributed by atoms with Crippen LogP contribution in [-0.2, 0) is 4.79 Å². The summed E-state index contributed by atoms with van der Waals surface area (Å²) in [5.41, 5.74) is 2.51. The Balaban J connectivity index is 1.27. The highest BCUT2D eigenvalue weighted by molar-refractivity contribution is 5.94. The van der Waals surface area contributed by atoms with E-state index in [9.17, 15) is 14.0 Å². The summed E-state index contributed by atoms with van der Waals surface area (Å²) in [5.74, 6) is 0.244. The first-order chi connectivity index (χ1) is 15.5. The molecule has 2 heterocycles. The number of aromatic nitrogens is 2. The van der Waals surface area contributed by atoms with Crippen LogP contribution in [0.4, 0.5) is 10.1 Å². The molecule has 5 rings (SSSR count). The fourth-order valence-electron chi connectivity index (χ4n) is 3.34. The minimum atomic E-state index is -0.456. The minimum Gasteiger partial charge on any atom is -0.484 e. The van der Waals surface area contributed by atoms with E-state index < -0.39 is 5.63 Å². The van der Waals surface area contributed by atoms with Crippen molar-refractivity contribution in [2.75, 3.05) is 11.9 Å². The predicted molar refractivity (Wildman–Crippen MR) is 118 cm³/mol. The van der Waals surface area contributed by atoms with Crippen molar-refractivity contribution in [1.82, 2.24) is 9.97 Å². The molecule has 3 aromatic carbocycles. The minimum absolute atomic E-state index is 0.224. The van der Waals surface area contributed by atoms with Crippen LogP contribution in [0.5, 0.6) is 5.75 Å². The lowest BCUT2D eigenvalue weighted by atomic mass is 10.2. The highest BCUT2D eigenvalue weighted by atomic mass is 19.1. The fourth-order valence-corrected chi connectivity index (χ4v) is 3.34. The third-order valence-electron chi connectivity index (χ3n) is 4.83. The largest absolute Gasteiger partial charge is 0.484 e. The average Bonchev–Trinajstić information content (AvgIpc) is 3.21. The van der Waals surface area contributed by atoms with Crippen LogP contribution in [0, 0.1) is 5.82 Å². The van der Waals surface area contributed by atoms with Gasteiger partial charge in [-0.3, -0.25) is 4.79 Å². The molecule has 5 aromatic rings. The lowest BCUT2D eigenvalue weighted by Gasteiger charge is -2.08. The fraction of sp³-hybridized carbons (Fsp3) is 0.0417. The maximum absolute atomic E-state index is 13.5. The Hall–Kier alpha value is -4.46. The summed E-state index contributed by atoms with van der Waals surface area (Å²) < 4.78 is 24.1. The quantitative estimate of drug-likeness (QED) is 0.401. The summed E-state index contributed by atoms with van der Waals surface area (Å²) >= 11 is 0. The second-order valence-corrected chi connectivity index (χ2v) is 7.12. The molecule has 0 bridgehead atoms. The number of rotatable bonds is 5. The number of amides is 1. The number of hydrogen-bond donors (Lipinski definition) is 2. The zero-order valence-corrected chi connectivity index (χ0v) is 16.6. The molecule has 0 aliphatic rings. The van der Waals surface area contributed by atoms with Gasteiger partial charge in [-0.1, -0.05) is 12.1 Å². The van der Waals surface area contributed by atoms with Gasteiger partial charge in [0.25, 0.3) is 5.91 Å². The maximum Gasteiger partial charge on any atom is 0.336 e. The molecule has 0 aliphatic heterocycles. The summed E-state index contributed by atoms with van der Waals surface area (Å²) in [6.45, 7) is -0.224. The van der Waals surface area contributed by atoms with Crippen molar-refractivity contribution in [3.63, 3.8) is 0 Å². The number of nitrogens with zero attached hydrogens (tertiary/aromatic N) is 1. The molecular weight excluding hydrogens is 413 g/mol. The molecule has 2 N–H and O–H groups in total. The van der Waals surface area contributed by atoms with Crippen molar-refractivity contribution < 1.29 is 18.3 Å². The van der Waals surface area contributed by atoms with Gasteiger partial charge in [0.2, 0.25) is 0 Å². The van der Waals surface area contributed by atoms with Crippen LogP contribution < -0.4 is 15.7 Å². The molecule has 0 atom stereocenters. The second kappa shape index (κ2) is 7.99. The standard InChI is InChI=1S/C24H16FN3O4/c25-16-3-1-2-15(10-16)24-27-19-8-6-17(11-20(19)28-24)26-22(29)13-31-18-7-4-14-5-9-23(30)32-21(14)12-18/h1-12H,13H2,(H,26,29)(H,27,28). The third-order valence-corrected chi connectivity index (χ3v) is 4.83. The van der Waals surface area contributed by atoms with Crippen molar-refractivity contribution >= 4 is 33.6 Å². The molecule has 0 saturated heterocycles. The van der Waals surface area contributed by atoms with Crippen molar-refractivity contribution in [3.05, 3.63) is 89.0 Å². The smallest absolute Gasteiger partial charge is 0.336 e. The molecule has 8 heteroatoms. The van der Waals surface area contributed by atoms with Gasteiger partial charge in [-0.2, -0.15) is 0 Å². The van der Waals surface area contributed by atoms with Gasteiger partial charge in [-0.25, -0.2) is 14.2 Å². The van der Waals surface area contributed by atoms with E-state index >= 15 is 0 Å². The van der Waals surface area contributed by atoms with E-state index in [2.05, 4.69) is 15.3 Å². The number of carbonyl (C=O) groups excluding carboxylic acids is 1. The summed E-state index contributed by atoms with van der Waals surface area (Å²) in [5, 5.41) is 3.52. The van der Waals surface area contributed by atoms with E-state index in [1.807, 2.05) is 0 Å². The van der Waals surface area contributed by atoms with Gasteiger partial charge >= 0.3 is 5.63 Å². The van der Waals surface area contributed by atoms with E-state index in [-0.39, 0.29) is 18.3 Å². The number of fused-ring (bicyclic) bond motifs is 2. The number of aromatic amines is 1. The molecule has 0 spiro atoms. The van der Waals surface area contributed by atoms with Gasteiger partial charge in [-0.05, 0) is 48.5 Å². The molecule has 0 radical (unpaired) electrons. The van der Waals surface area contributed by atoms with Crippen LogP contribution >= 0.6 is 0 Å². The van der Waals surface area contributed by atoms with E-state index in [1.54, 1.807) is 54.6 Å². The monoisotopic (exact) mass is 429 g/mol. The van der Waals surface area contributed by atoms with Crippen molar-refractivity contribution in [1.29, 1.82) is 0 Å². The molecule has 0 aliphatic carbocycles. The number of anilines is 1. The Labute approximate surface area is 180 Å². The van der Waals surface area contributed by atoms with Gasteiger partial charge in [-0.15, -0.1) is 0 Å². The Bertz CT molecular complexity index is 1520. The topological polar surface area (TPSA) is 97.2 Å². The zero-order chi connectivity index (χ0) is 22.1. The number of hydrogen-bond acceptors (Lipinski definition) is 5. The summed E-state index contributed by atoms with van der Waals surface area (Å²) in [7, 11) is 0. The van der Waals surface area contributed by atoms with Crippen LogP contribution in [0.2, 0.25) is 0 Å². The SMILES string of the molecule is O=C(COc1ccc2ccc(=O)oc2c1)Nc1ccc2nc(-c3cccc(F)c3)[nH]c2c1. The van der Waals surface area contributed by atoms with Gasteiger partial charge in [0.1, 0.15) is 23.0 Å². The predicted octanol–water partition coefficient (Wildman–Crippen LogP) is 4.49. The molecule has 1 amide bonds. The molecular formula is C24H16FN3O4. The Kier molecular flexibility index (Phi) is 4.87. The van der Waals surface area contributed by atoms with Gasteiger partial charge < -0.3 is 19.5 Å². The third kappa shape index (κ3) is 4.06. The number of ether oxygens (including phenoxy) is 1. The summed E-state index contributed by atoms with van der Waals surface area (Å²) in [6.07, 6.45) is 0. The second-order valence-electron chi connectivity index (χ2n) is 7.12. The zero-order valence-electron chi connectivity index (χ0n) is 16.6. The van der Waals surface area contributed by atoms with E-state index in [1.165, 1.54) is 18.2 Å². The maximum atomic E-state index is 13.5. The van der Waals surface area contributed by atoms with Crippen LogP contribution in [0.15, 0.2) is 82.0 Å². The number of halogens is 1.